The summed E-state index contributed by atoms with van der Waals surface area (Å²) in [6.45, 7) is 0. The van der Waals surface area contributed by atoms with Gasteiger partial charge < -0.3 is 9.47 Å². The average Bonchev–Trinajstić information content (AvgIpc) is 2.29. The Morgan fingerprint density at radius 2 is 1.78 bits per heavy atom. The van der Waals surface area contributed by atoms with Gasteiger partial charge in [0.1, 0.15) is 0 Å². The molecule has 18 heavy (non-hydrogen) atoms. The lowest BCUT2D eigenvalue weighted by molar-refractivity contribution is -0.160. The summed E-state index contributed by atoms with van der Waals surface area (Å²) in [4.78, 5) is 21.5. The number of rotatable bonds is 1. The molecule has 0 atom stereocenters. The topological polar surface area (TPSA) is 52.6 Å². The summed E-state index contributed by atoms with van der Waals surface area (Å²) in [6.07, 6.45) is -4.72. The van der Waals surface area contributed by atoms with Gasteiger partial charge in [0.2, 0.25) is 0 Å². The third-order valence-electron chi connectivity index (χ3n) is 1.81. The van der Waals surface area contributed by atoms with E-state index >= 15 is 0 Å². The molecule has 0 bridgehead atoms. The van der Waals surface area contributed by atoms with Crippen LogP contribution in [0.15, 0.2) is 18.2 Å². The standard InChI is InChI=1S/C10H6F4O4/c1-17-8(15)9(16)18-7-3-2-5(4-6(7)11)10(12,13)14/h2-4H,1H3. The highest BCUT2D eigenvalue weighted by molar-refractivity contribution is 6.30. The molecule has 1 rings (SSSR count). The van der Waals surface area contributed by atoms with Crippen LogP contribution in [-0.4, -0.2) is 19.0 Å². The highest BCUT2D eigenvalue weighted by Crippen LogP contribution is 2.31. The molecule has 0 aliphatic heterocycles. The molecular weight excluding hydrogens is 260 g/mol. The van der Waals surface area contributed by atoms with Crippen molar-refractivity contribution in [3.8, 4) is 5.75 Å². The minimum Gasteiger partial charge on any atom is -0.461 e. The third-order valence-corrected chi connectivity index (χ3v) is 1.81. The summed E-state index contributed by atoms with van der Waals surface area (Å²) in [5.41, 5.74) is -1.24. The van der Waals surface area contributed by atoms with Crippen LogP contribution in [0.4, 0.5) is 17.6 Å². The number of alkyl halides is 3. The van der Waals surface area contributed by atoms with E-state index in [9.17, 15) is 27.2 Å². The lowest BCUT2D eigenvalue weighted by Gasteiger charge is -2.08. The molecule has 4 nitrogen and oxygen atoms in total. The lowest BCUT2D eigenvalue weighted by atomic mass is 10.2. The molecule has 1 aromatic rings. The monoisotopic (exact) mass is 266 g/mol. The number of carbonyl (C=O) groups is 2. The van der Waals surface area contributed by atoms with Crippen molar-refractivity contribution < 1.29 is 36.6 Å². The highest BCUT2D eigenvalue weighted by atomic mass is 19.4. The van der Waals surface area contributed by atoms with Crippen molar-refractivity contribution in [1.29, 1.82) is 0 Å². The molecule has 0 radical (unpaired) electrons. The smallest absolute Gasteiger partial charge is 0.422 e. The summed E-state index contributed by atoms with van der Waals surface area (Å²) in [5.74, 6) is -5.13. The van der Waals surface area contributed by atoms with Gasteiger partial charge in [-0.05, 0) is 18.2 Å². The number of hydrogen-bond donors (Lipinski definition) is 0. The fraction of sp³-hybridized carbons (Fsp3) is 0.200. The summed E-state index contributed by atoms with van der Waals surface area (Å²) in [7, 11) is 0.896. The number of halogens is 4. The normalized spacial score (nSPS) is 10.9. The molecule has 0 N–H and O–H groups in total. The van der Waals surface area contributed by atoms with Gasteiger partial charge in [0.15, 0.2) is 11.6 Å². The Morgan fingerprint density at radius 3 is 2.22 bits per heavy atom. The van der Waals surface area contributed by atoms with Crippen LogP contribution in [0, 0.1) is 5.82 Å². The zero-order valence-corrected chi connectivity index (χ0v) is 8.88. The summed E-state index contributed by atoms with van der Waals surface area (Å²) < 4.78 is 58.0. The van der Waals surface area contributed by atoms with E-state index in [0.717, 1.165) is 7.11 Å². The number of ether oxygens (including phenoxy) is 2. The molecule has 0 heterocycles. The first-order chi connectivity index (χ1) is 8.25. The van der Waals surface area contributed by atoms with E-state index in [1.54, 1.807) is 0 Å². The molecule has 0 aliphatic carbocycles. The Hall–Kier alpha value is -2.12. The largest absolute Gasteiger partial charge is 0.461 e. The van der Waals surface area contributed by atoms with Crippen LogP contribution >= 0.6 is 0 Å². The Bertz CT molecular complexity index is 481. The van der Waals surface area contributed by atoms with Crippen molar-refractivity contribution in [2.24, 2.45) is 0 Å². The van der Waals surface area contributed by atoms with Crippen LogP contribution in [0.5, 0.6) is 5.75 Å². The SMILES string of the molecule is COC(=O)C(=O)Oc1ccc(C(F)(F)F)cc1F. The van der Waals surface area contributed by atoms with E-state index in [1.807, 2.05) is 0 Å². The maximum Gasteiger partial charge on any atom is 0.422 e. The second-order valence-corrected chi connectivity index (χ2v) is 3.02. The van der Waals surface area contributed by atoms with Crippen molar-refractivity contribution in [2.75, 3.05) is 7.11 Å². The number of esters is 2. The third kappa shape index (κ3) is 3.19. The maximum atomic E-state index is 13.2. The fourth-order valence-corrected chi connectivity index (χ4v) is 0.985. The van der Waals surface area contributed by atoms with Crippen LogP contribution in [0.3, 0.4) is 0 Å². The van der Waals surface area contributed by atoms with Crippen LogP contribution in [0.1, 0.15) is 5.56 Å². The van der Waals surface area contributed by atoms with Crippen LogP contribution < -0.4 is 4.74 Å². The number of hydrogen-bond acceptors (Lipinski definition) is 4. The Labute approximate surface area is 98.1 Å². The molecule has 1 aromatic carbocycles. The van der Waals surface area contributed by atoms with Crippen molar-refractivity contribution >= 4 is 11.9 Å². The van der Waals surface area contributed by atoms with Crippen molar-refractivity contribution in [2.45, 2.75) is 6.18 Å². The van der Waals surface area contributed by atoms with E-state index in [2.05, 4.69) is 9.47 Å². The summed E-state index contributed by atoms with van der Waals surface area (Å²) in [5, 5.41) is 0. The summed E-state index contributed by atoms with van der Waals surface area (Å²) in [6, 6.07) is 1.27. The van der Waals surface area contributed by atoms with Gasteiger partial charge in [-0.3, -0.25) is 0 Å². The predicted molar refractivity (Wildman–Crippen MR) is 49.1 cm³/mol. The molecule has 0 spiro atoms. The Kier molecular flexibility index (Phi) is 3.89. The molecule has 0 aromatic heterocycles. The molecule has 8 heteroatoms. The van der Waals surface area contributed by atoms with E-state index in [4.69, 9.17) is 0 Å². The van der Waals surface area contributed by atoms with E-state index in [-0.39, 0.29) is 6.07 Å². The Morgan fingerprint density at radius 1 is 1.17 bits per heavy atom. The van der Waals surface area contributed by atoms with Gasteiger partial charge in [-0.1, -0.05) is 0 Å². The van der Waals surface area contributed by atoms with Gasteiger partial charge in [0, 0.05) is 0 Å². The number of carbonyl (C=O) groups excluding carboxylic acids is 2. The second-order valence-electron chi connectivity index (χ2n) is 3.02. The molecule has 0 fully saturated rings. The molecule has 0 saturated heterocycles. The Balaban J connectivity index is 2.94. The fourth-order valence-electron chi connectivity index (χ4n) is 0.985. The average molecular weight is 266 g/mol. The van der Waals surface area contributed by atoms with Crippen molar-refractivity contribution in [1.82, 2.24) is 0 Å². The second kappa shape index (κ2) is 5.03. The lowest BCUT2D eigenvalue weighted by Crippen LogP contribution is -2.22. The first kappa shape index (κ1) is 13.9. The molecule has 98 valence electrons. The van der Waals surface area contributed by atoms with Gasteiger partial charge in [0.05, 0.1) is 12.7 Å². The van der Waals surface area contributed by atoms with Crippen molar-refractivity contribution in [3.63, 3.8) is 0 Å². The minimum absolute atomic E-state index is 0.153. The predicted octanol–water partition coefficient (Wildman–Crippen LogP) is 1.92. The zero-order chi connectivity index (χ0) is 13.9. The maximum absolute atomic E-state index is 13.2. The minimum atomic E-state index is -4.72. The van der Waals surface area contributed by atoms with Gasteiger partial charge in [-0.15, -0.1) is 0 Å². The van der Waals surface area contributed by atoms with E-state index in [1.165, 1.54) is 0 Å². The molecular formula is C10H6F4O4. The quantitative estimate of drug-likeness (QED) is 0.337. The molecule has 0 saturated carbocycles. The van der Waals surface area contributed by atoms with E-state index < -0.39 is 35.2 Å². The van der Waals surface area contributed by atoms with E-state index in [0.29, 0.717) is 12.1 Å². The van der Waals surface area contributed by atoms with Gasteiger partial charge >= 0.3 is 18.1 Å². The number of methoxy groups -OCH3 is 1. The summed E-state index contributed by atoms with van der Waals surface area (Å²) >= 11 is 0. The van der Waals surface area contributed by atoms with Crippen LogP contribution in [0.25, 0.3) is 0 Å². The molecule has 0 amide bonds. The highest BCUT2D eigenvalue weighted by Gasteiger charge is 2.31. The molecule has 0 unspecified atom stereocenters. The first-order valence-corrected chi connectivity index (χ1v) is 4.42. The van der Waals surface area contributed by atoms with Crippen LogP contribution in [0.2, 0.25) is 0 Å². The first-order valence-electron chi connectivity index (χ1n) is 4.42. The van der Waals surface area contributed by atoms with Gasteiger partial charge in [-0.2, -0.15) is 13.2 Å². The zero-order valence-electron chi connectivity index (χ0n) is 8.88. The van der Waals surface area contributed by atoms with Gasteiger partial charge in [0.25, 0.3) is 0 Å². The molecule has 0 aliphatic rings. The van der Waals surface area contributed by atoms with Gasteiger partial charge in [-0.25, -0.2) is 14.0 Å². The van der Waals surface area contributed by atoms with Crippen molar-refractivity contribution in [3.05, 3.63) is 29.6 Å². The number of benzene rings is 1. The van der Waals surface area contributed by atoms with Crippen LogP contribution in [-0.2, 0) is 20.5 Å².